The maximum absolute atomic E-state index is 12.0. The van der Waals surface area contributed by atoms with E-state index in [2.05, 4.69) is 30.0 Å². The van der Waals surface area contributed by atoms with Crippen LogP contribution < -0.4 is 30.5 Å². The molecule has 2 heterocycles. The number of fused-ring (bicyclic) bond motifs is 1. The normalized spacial score (nSPS) is 23.6. The van der Waals surface area contributed by atoms with Crippen LogP contribution in [-0.4, -0.2) is 49.7 Å². The fourth-order valence-corrected chi connectivity index (χ4v) is 3.47. The molecule has 0 radical (unpaired) electrons. The lowest BCUT2D eigenvalue weighted by molar-refractivity contribution is -0.914. The highest BCUT2D eigenvalue weighted by Gasteiger charge is 2.25. The minimum atomic E-state index is -0.0819. The number of hydrogen-bond donors (Lipinski definition) is 4. The van der Waals surface area contributed by atoms with Gasteiger partial charge in [0, 0.05) is 6.54 Å². The van der Waals surface area contributed by atoms with Gasteiger partial charge in [0.1, 0.15) is 25.3 Å². The molecular weight excluding hydrogens is 368 g/mol. The highest BCUT2D eigenvalue weighted by Crippen LogP contribution is 2.32. The van der Waals surface area contributed by atoms with Crippen molar-refractivity contribution in [2.24, 2.45) is 0 Å². The maximum atomic E-state index is 12.0. The lowest BCUT2D eigenvalue weighted by Gasteiger charge is -2.32. The summed E-state index contributed by atoms with van der Waals surface area (Å²) in [6.45, 7) is 7.56. The highest BCUT2D eigenvalue weighted by atomic mass is 32.1. The zero-order valence-electron chi connectivity index (χ0n) is 15.7. The quantitative estimate of drug-likeness (QED) is 0.395. The number of morpholine rings is 1. The third-order valence-corrected chi connectivity index (χ3v) is 4.77. The monoisotopic (exact) mass is 395 g/mol. The van der Waals surface area contributed by atoms with E-state index in [1.807, 2.05) is 18.2 Å². The second kappa shape index (κ2) is 9.20. The van der Waals surface area contributed by atoms with Gasteiger partial charge in [-0.3, -0.25) is 15.6 Å². The molecule has 1 aromatic carbocycles. The number of hydrazine groups is 1. The Labute approximate surface area is 164 Å². The van der Waals surface area contributed by atoms with E-state index in [9.17, 15) is 4.79 Å². The summed E-state index contributed by atoms with van der Waals surface area (Å²) < 4.78 is 16.4. The summed E-state index contributed by atoms with van der Waals surface area (Å²) in [5.74, 6) is 1.40. The van der Waals surface area contributed by atoms with Crippen molar-refractivity contribution in [3.63, 3.8) is 0 Å². The molecule has 2 atom stereocenters. The van der Waals surface area contributed by atoms with Crippen molar-refractivity contribution in [3.8, 4) is 11.5 Å². The van der Waals surface area contributed by atoms with Crippen LogP contribution in [0.3, 0.4) is 0 Å². The molecule has 0 bridgehead atoms. The van der Waals surface area contributed by atoms with Crippen LogP contribution >= 0.6 is 12.2 Å². The minimum absolute atomic E-state index is 0.0819. The lowest BCUT2D eigenvalue weighted by atomic mass is 10.2. The average Bonchev–Trinajstić information content (AvgIpc) is 3.10. The Morgan fingerprint density at radius 2 is 1.93 bits per heavy atom. The number of carbonyl (C=O) groups is 1. The van der Waals surface area contributed by atoms with Crippen LogP contribution in [0.1, 0.15) is 25.8 Å². The van der Waals surface area contributed by atoms with Crippen LogP contribution in [-0.2, 0) is 16.1 Å². The molecule has 1 amide bonds. The number of rotatable bonds is 5. The van der Waals surface area contributed by atoms with E-state index in [4.69, 9.17) is 26.4 Å². The Bertz CT molecular complexity index is 677. The van der Waals surface area contributed by atoms with E-state index in [1.54, 1.807) is 0 Å². The van der Waals surface area contributed by atoms with E-state index in [0.717, 1.165) is 36.7 Å². The first-order valence-electron chi connectivity index (χ1n) is 9.20. The minimum Gasteiger partial charge on any atom is -0.454 e. The summed E-state index contributed by atoms with van der Waals surface area (Å²) in [6.07, 6.45) is 0.905. The molecule has 0 spiro atoms. The lowest BCUT2D eigenvalue weighted by Crippen LogP contribution is -3.15. The first-order valence-corrected chi connectivity index (χ1v) is 9.60. The molecule has 0 aromatic heterocycles. The second-order valence-corrected chi connectivity index (χ2v) is 7.37. The zero-order valence-corrected chi connectivity index (χ0v) is 16.5. The molecule has 2 aliphatic heterocycles. The van der Waals surface area contributed by atoms with Gasteiger partial charge in [0.2, 0.25) is 12.7 Å². The average molecular weight is 396 g/mol. The summed E-state index contributed by atoms with van der Waals surface area (Å²) >= 11 is 5.20. The Kier molecular flexibility index (Phi) is 6.70. The standard InChI is InChI=1S/C18H26N4O4S/c1-12-9-22(10-13(2)26-12)6-5-17(23)20-21-18(27)19-8-14-3-4-15-16(7-14)25-11-24-15/h3-4,7,12-13H,5-6,8-11H2,1-2H3,(H,20,23)(H2,19,21,27)/p+1/t12-,13-/m0/s1. The Hall–Kier alpha value is -2.10. The Morgan fingerprint density at radius 1 is 1.19 bits per heavy atom. The van der Waals surface area contributed by atoms with Crippen molar-refractivity contribution in [1.29, 1.82) is 0 Å². The summed E-state index contributed by atoms with van der Waals surface area (Å²) in [4.78, 5) is 13.4. The van der Waals surface area contributed by atoms with Crippen LogP contribution in [0.4, 0.5) is 0 Å². The third kappa shape index (κ3) is 5.95. The number of nitrogens with one attached hydrogen (secondary N) is 4. The molecular formula is C18H27N4O4S+. The van der Waals surface area contributed by atoms with Gasteiger partial charge in [0.15, 0.2) is 16.6 Å². The smallest absolute Gasteiger partial charge is 0.244 e. The number of carbonyl (C=O) groups excluding carboxylic acids is 1. The van der Waals surface area contributed by atoms with E-state index < -0.39 is 0 Å². The van der Waals surface area contributed by atoms with Crippen LogP contribution in [0.2, 0.25) is 0 Å². The van der Waals surface area contributed by atoms with Crippen molar-refractivity contribution in [2.75, 3.05) is 26.4 Å². The van der Waals surface area contributed by atoms with Gasteiger partial charge in [-0.05, 0) is 43.8 Å². The van der Waals surface area contributed by atoms with Gasteiger partial charge in [-0.25, -0.2) is 0 Å². The van der Waals surface area contributed by atoms with Crippen LogP contribution in [0.25, 0.3) is 0 Å². The van der Waals surface area contributed by atoms with Crippen LogP contribution in [0.5, 0.6) is 11.5 Å². The van der Waals surface area contributed by atoms with Crippen LogP contribution in [0.15, 0.2) is 18.2 Å². The van der Waals surface area contributed by atoms with Crippen LogP contribution in [0, 0.1) is 0 Å². The van der Waals surface area contributed by atoms with E-state index in [-0.39, 0.29) is 24.9 Å². The molecule has 27 heavy (non-hydrogen) atoms. The number of ether oxygens (including phenoxy) is 3. The van der Waals surface area contributed by atoms with Gasteiger partial charge in [-0.1, -0.05) is 6.07 Å². The summed E-state index contributed by atoms with van der Waals surface area (Å²) in [7, 11) is 0. The van der Waals surface area contributed by atoms with Gasteiger partial charge in [0.05, 0.1) is 13.0 Å². The Balaban J connectivity index is 1.32. The van der Waals surface area contributed by atoms with Gasteiger partial charge < -0.3 is 24.4 Å². The van der Waals surface area contributed by atoms with Gasteiger partial charge in [-0.2, -0.15) is 0 Å². The fraction of sp³-hybridized carbons (Fsp3) is 0.556. The molecule has 3 rings (SSSR count). The number of thiocarbonyl (C=S) groups is 1. The topological polar surface area (TPSA) is 85.3 Å². The van der Waals surface area contributed by atoms with Crippen molar-refractivity contribution in [2.45, 2.75) is 39.0 Å². The van der Waals surface area contributed by atoms with Gasteiger partial charge in [-0.15, -0.1) is 0 Å². The molecule has 1 fully saturated rings. The van der Waals surface area contributed by atoms with Crippen molar-refractivity contribution in [1.82, 2.24) is 16.2 Å². The van der Waals surface area contributed by atoms with Gasteiger partial charge >= 0.3 is 0 Å². The van der Waals surface area contributed by atoms with E-state index in [1.165, 1.54) is 4.90 Å². The number of benzene rings is 1. The van der Waals surface area contributed by atoms with Crippen molar-refractivity contribution in [3.05, 3.63) is 23.8 Å². The Morgan fingerprint density at radius 3 is 2.70 bits per heavy atom. The highest BCUT2D eigenvalue weighted by molar-refractivity contribution is 7.80. The summed E-state index contributed by atoms with van der Waals surface area (Å²) in [5, 5.41) is 3.41. The first-order chi connectivity index (χ1) is 13.0. The van der Waals surface area contributed by atoms with E-state index in [0.29, 0.717) is 18.1 Å². The molecule has 1 saturated heterocycles. The molecule has 1 aromatic rings. The largest absolute Gasteiger partial charge is 0.454 e. The maximum Gasteiger partial charge on any atom is 0.244 e. The predicted octanol–water partition coefficient (Wildman–Crippen LogP) is -0.507. The number of amides is 1. The molecule has 0 aliphatic carbocycles. The molecule has 8 nitrogen and oxygen atoms in total. The fourth-order valence-electron chi connectivity index (χ4n) is 3.35. The predicted molar refractivity (Wildman–Crippen MR) is 103 cm³/mol. The molecule has 148 valence electrons. The van der Waals surface area contributed by atoms with Gasteiger partial charge in [0.25, 0.3) is 0 Å². The number of quaternary nitrogens is 1. The molecule has 0 unspecified atom stereocenters. The van der Waals surface area contributed by atoms with Crippen molar-refractivity contribution < 1.29 is 23.9 Å². The molecule has 2 aliphatic rings. The SMILES string of the molecule is C[C@H]1C[NH+](CCC(=O)NNC(=S)NCc2ccc3c(c2)OCO3)C[C@H](C)O1. The molecule has 0 saturated carbocycles. The third-order valence-electron chi connectivity index (χ3n) is 4.53. The molecule has 9 heteroatoms. The zero-order chi connectivity index (χ0) is 19.2. The second-order valence-electron chi connectivity index (χ2n) is 6.96. The van der Waals surface area contributed by atoms with E-state index >= 15 is 0 Å². The van der Waals surface area contributed by atoms with Crippen molar-refractivity contribution >= 4 is 23.2 Å². The summed E-state index contributed by atoms with van der Waals surface area (Å²) in [6, 6.07) is 5.71. The summed E-state index contributed by atoms with van der Waals surface area (Å²) in [5.41, 5.74) is 6.39. The number of hydrogen-bond acceptors (Lipinski definition) is 5. The molecule has 4 N–H and O–H groups in total. The first kappa shape index (κ1) is 19.7.